The summed E-state index contributed by atoms with van der Waals surface area (Å²) in [4.78, 5) is 0. The number of hydrogen-bond donors (Lipinski definition) is 2. The third kappa shape index (κ3) is 2.04. The van der Waals surface area contributed by atoms with Crippen LogP contribution in [0.5, 0.6) is 0 Å². The third-order valence-electron chi connectivity index (χ3n) is 2.33. The van der Waals surface area contributed by atoms with E-state index in [1.54, 1.807) is 0 Å². The summed E-state index contributed by atoms with van der Waals surface area (Å²) in [7, 11) is 0. The van der Waals surface area contributed by atoms with Crippen LogP contribution in [0.2, 0.25) is 0 Å². The van der Waals surface area contributed by atoms with E-state index in [9.17, 15) is 0 Å². The molecule has 2 rings (SSSR count). The van der Waals surface area contributed by atoms with Crippen molar-refractivity contribution in [1.82, 2.24) is 0 Å². The second-order valence-corrected chi connectivity index (χ2v) is 3.40. The Balaban J connectivity index is 2.05. The minimum Gasteiger partial charge on any atom is -0.399 e. The quantitative estimate of drug-likeness (QED) is 0.644. The zero-order valence-electron chi connectivity index (χ0n) is 7.85. The van der Waals surface area contributed by atoms with E-state index in [2.05, 4.69) is 0 Å². The molecule has 1 aliphatic rings. The maximum Gasteiger partial charge on any atom is 0.213 e. The number of nitrogen functional groups attached to an aromatic ring is 1. The summed E-state index contributed by atoms with van der Waals surface area (Å²) in [5, 5.41) is 0. The fourth-order valence-electron chi connectivity index (χ4n) is 1.48. The summed E-state index contributed by atoms with van der Waals surface area (Å²) in [6, 6.07) is 7.74. The first-order valence-electron chi connectivity index (χ1n) is 4.60. The predicted molar refractivity (Wildman–Crippen MR) is 53.5 cm³/mol. The van der Waals surface area contributed by atoms with Crippen molar-refractivity contribution >= 4 is 5.69 Å². The third-order valence-corrected chi connectivity index (χ3v) is 2.33. The van der Waals surface area contributed by atoms with Crippen LogP contribution in [-0.4, -0.2) is 19.6 Å². The molecule has 1 aromatic carbocycles. The van der Waals surface area contributed by atoms with E-state index in [4.69, 9.17) is 20.9 Å². The topological polar surface area (TPSA) is 70.5 Å². The zero-order chi connectivity index (χ0) is 9.97. The Bertz CT molecular complexity index is 291. The van der Waals surface area contributed by atoms with Crippen LogP contribution >= 0.6 is 0 Å². The number of rotatable bonds is 1. The molecule has 4 N–H and O–H groups in total. The smallest absolute Gasteiger partial charge is 0.213 e. The van der Waals surface area contributed by atoms with Gasteiger partial charge >= 0.3 is 0 Å². The Hall–Kier alpha value is -1.10. The Kier molecular flexibility index (Phi) is 2.67. The molecule has 0 aromatic heterocycles. The van der Waals surface area contributed by atoms with Gasteiger partial charge in [0.15, 0.2) is 0 Å². The van der Waals surface area contributed by atoms with E-state index in [1.165, 1.54) is 5.56 Å². The van der Waals surface area contributed by atoms with Crippen LogP contribution in [0.1, 0.15) is 11.5 Å². The van der Waals surface area contributed by atoms with Crippen LogP contribution in [-0.2, 0) is 9.47 Å². The lowest BCUT2D eigenvalue weighted by atomic mass is 10.0. The molecule has 1 aromatic rings. The van der Waals surface area contributed by atoms with Gasteiger partial charge in [0.05, 0.1) is 13.2 Å². The molecular weight excluding hydrogens is 180 g/mol. The SMILES string of the molecule is Nc1ccc(C2COC(N)OC2)cc1. The van der Waals surface area contributed by atoms with Gasteiger partial charge in [0, 0.05) is 11.6 Å². The largest absolute Gasteiger partial charge is 0.399 e. The van der Waals surface area contributed by atoms with Crippen molar-refractivity contribution in [2.24, 2.45) is 5.73 Å². The lowest BCUT2D eigenvalue weighted by Crippen LogP contribution is -2.36. The Morgan fingerprint density at radius 2 is 1.64 bits per heavy atom. The summed E-state index contributed by atoms with van der Waals surface area (Å²) >= 11 is 0. The van der Waals surface area contributed by atoms with Crippen molar-refractivity contribution in [1.29, 1.82) is 0 Å². The molecule has 0 radical (unpaired) electrons. The van der Waals surface area contributed by atoms with Crippen molar-refractivity contribution in [3.05, 3.63) is 29.8 Å². The van der Waals surface area contributed by atoms with E-state index in [1.807, 2.05) is 24.3 Å². The molecule has 1 saturated heterocycles. The van der Waals surface area contributed by atoms with Gasteiger partial charge in [-0.25, -0.2) is 0 Å². The Morgan fingerprint density at radius 1 is 1.07 bits per heavy atom. The predicted octanol–water partition coefficient (Wildman–Crippen LogP) is 0.641. The lowest BCUT2D eigenvalue weighted by molar-refractivity contribution is -0.183. The second-order valence-electron chi connectivity index (χ2n) is 3.40. The highest BCUT2D eigenvalue weighted by Crippen LogP contribution is 2.21. The van der Waals surface area contributed by atoms with Gasteiger partial charge in [-0.2, -0.15) is 0 Å². The number of benzene rings is 1. The van der Waals surface area contributed by atoms with Gasteiger partial charge in [-0.05, 0) is 17.7 Å². The van der Waals surface area contributed by atoms with Gasteiger partial charge in [0.25, 0.3) is 0 Å². The molecule has 0 saturated carbocycles. The monoisotopic (exact) mass is 194 g/mol. The van der Waals surface area contributed by atoms with Crippen molar-refractivity contribution < 1.29 is 9.47 Å². The number of ether oxygens (including phenoxy) is 2. The van der Waals surface area contributed by atoms with E-state index >= 15 is 0 Å². The number of nitrogens with two attached hydrogens (primary N) is 2. The van der Waals surface area contributed by atoms with E-state index in [-0.39, 0.29) is 5.92 Å². The molecule has 1 aliphatic heterocycles. The van der Waals surface area contributed by atoms with E-state index in [0.717, 1.165) is 5.69 Å². The molecular formula is C10H14N2O2. The van der Waals surface area contributed by atoms with E-state index in [0.29, 0.717) is 13.2 Å². The molecule has 4 nitrogen and oxygen atoms in total. The summed E-state index contributed by atoms with van der Waals surface area (Å²) in [6.07, 6.45) is -0.569. The molecule has 4 heteroatoms. The average molecular weight is 194 g/mol. The minimum absolute atomic E-state index is 0.260. The average Bonchev–Trinajstić information content (AvgIpc) is 2.21. The molecule has 0 unspecified atom stereocenters. The molecule has 0 spiro atoms. The molecule has 14 heavy (non-hydrogen) atoms. The van der Waals surface area contributed by atoms with Gasteiger partial charge in [-0.15, -0.1) is 0 Å². The van der Waals surface area contributed by atoms with Crippen molar-refractivity contribution in [3.8, 4) is 0 Å². The lowest BCUT2D eigenvalue weighted by Gasteiger charge is -2.27. The van der Waals surface area contributed by atoms with Gasteiger partial charge in [0.1, 0.15) is 0 Å². The first-order chi connectivity index (χ1) is 6.75. The molecule has 0 bridgehead atoms. The van der Waals surface area contributed by atoms with Crippen LogP contribution < -0.4 is 11.5 Å². The summed E-state index contributed by atoms with van der Waals surface area (Å²) in [6.45, 7) is 1.20. The minimum atomic E-state index is -0.569. The molecule has 0 aliphatic carbocycles. The van der Waals surface area contributed by atoms with Gasteiger partial charge < -0.3 is 15.2 Å². The summed E-state index contributed by atoms with van der Waals surface area (Å²) < 4.78 is 10.4. The Morgan fingerprint density at radius 3 is 2.21 bits per heavy atom. The Labute approximate surface area is 82.8 Å². The molecule has 0 amide bonds. The summed E-state index contributed by atoms with van der Waals surface area (Å²) in [5.41, 5.74) is 13.0. The fourth-order valence-corrected chi connectivity index (χ4v) is 1.48. The van der Waals surface area contributed by atoms with Crippen LogP contribution in [0.4, 0.5) is 5.69 Å². The van der Waals surface area contributed by atoms with Gasteiger partial charge in [-0.1, -0.05) is 12.1 Å². The maximum atomic E-state index is 5.60. The molecule has 0 atom stereocenters. The van der Waals surface area contributed by atoms with Gasteiger partial charge in [-0.3, -0.25) is 5.73 Å². The van der Waals surface area contributed by atoms with Crippen LogP contribution in [0.25, 0.3) is 0 Å². The maximum absolute atomic E-state index is 5.60. The highest BCUT2D eigenvalue weighted by atomic mass is 16.7. The molecule has 76 valence electrons. The highest BCUT2D eigenvalue weighted by molar-refractivity contribution is 5.40. The second kappa shape index (κ2) is 3.96. The summed E-state index contributed by atoms with van der Waals surface area (Å²) in [5.74, 6) is 0.260. The standard InChI is InChI=1S/C10H14N2O2/c11-9-3-1-7(2-4-9)8-5-13-10(12)14-6-8/h1-4,8,10H,5-6,11-12H2. The van der Waals surface area contributed by atoms with Crippen molar-refractivity contribution in [3.63, 3.8) is 0 Å². The molecule has 1 heterocycles. The zero-order valence-corrected chi connectivity index (χ0v) is 7.85. The van der Waals surface area contributed by atoms with Crippen LogP contribution in [0.15, 0.2) is 24.3 Å². The van der Waals surface area contributed by atoms with Crippen molar-refractivity contribution in [2.45, 2.75) is 12.3 Å². The fraction of sp³-hybridized carbons (Fsp3) is 0.400. The number of hydrogen-bond acceptors (Lipinski definition) is 4. The van der Waals surface area contributed by atoms with Crippen LogP contribution in [0, 0.1) is 0 Å². The van der Waals surface area contributed by atoms with E-state index < -0.39 is 6.41 Å². The molecule has 1 fully saturated rings. The first-order valence-corrected chi connectivity index (χ1v) is 4.60. The highest BCUT2D eigenvalue weighted by Gasteiger charge is 2.20. The number of anilines is 1. The van der Waals surface area contributed by atoms with Crippen LogP contribution in [0.3, 0.4) is 0 Å². The normalized spacial score (nSPS) is 27.5. The van der Waals surface area contributed by atoms with Gasteiger partial charge in [0.2, 0.25) is 6.41 Å². The first kappa shape index (κ1) is 9.45. The van der Waals surface area contributed by atoms with Crippen molar-refractivity contribution in [2.75, 3.05) is 18.9 Å².